The molecule has 0 aliphatic heterocycles. The normalized spacial score (nSPS) is 11.0. The average Bonchev–Trinajstić information content (AvgIpc) is 2.67. The molecule has 0 atom stereocenters. The summed E-state index contributed by atoms with van der Waals surface area (Å²) in [5.74, 6) is -1.58. The summed E-state index contributed by atoms with van der Waals surface area (Å²) in [6, 6.07) is 5.13. The summed E-state index contributed by atoms with van der Waals surface area (Å²) in [6.45, 7) is 2.90. The van der Waals surface area contributed by atoms with Crippen molar-refractivity contribution in [1.29, 1.82) is 5.41 Å². The topological polar surface area (TPSA) is 119 Å². The first kappa shape index (κ1) is 23.6. The summed E-state index contributed by atoms with van der Waals surface area (Å²) in [4.78, 5) is 34.3. The van der Waals surface area contributed by atoms with E-state index >= 15 is 0 Å². The minimum atomic E-state index is -4.83. The Morgan fingerprint density at radius 2 is 1.81 bits per heavy atom. The van der Waals surface area contributed by atoms with Gasteiger partial charge in [-0.05, 0) is 30.2 Å². The molecule has 31 heavy (non-hydrogen) atoms. The van der Waals surface area contributed by atoms with Gasteiger partial charge >= 0.3 is 6.18 Å². The number of carbonyl (C=O) groups is 3. The number of rotatable bonds is 7. The van der Waals surface area contributed by atoms with Gasteiger partial charge in [-0.15, -0.1) is 0 Å². The number of anilines is 2. The molecule has 7 nitrogen and oxygen atoms in total. The highest BCUT2D eigenvalue weighted by molar-refractivity contribution is 6.35. The van der Waals surface area contributed by atoms with E-state index in [9.17, 15) is 32.7 Å². The highest BCUT2D eigenvalue weighted by Crippen LogP contribution is 2.43. The van der Waals surface area contributed by atoms with Gasteiger partial charge in [0.15, 0.2) is 6.29 Å². The van der Waals surface area contributed by atoms with Crippen molar-refractivity contribution in [2.24, 2.45) is 0 Å². The number of halogens is 3. The minimum absolute atomic E-state index is 0.0835. The van der Waals surface area contributed by atoms with Crippen LogP contribution in [0.1, 0.15) is 37.8 Å². The van der Waals surface area contributed by atoms with Crippen molar-refractivity contribution < 1.29 is 32.7 Å². The first-order valence-electron chi connectivity index (χ1n) is 9.18. The molecule has 2 amide bonds. The van der Waals surface area contributed by atoms with E-state index in [0.717, 1.165) is 31.2 Å². The Bertz CT molecular complexity index is 1050. The molecule has 4 N–H and O–H groups in total. The summed E-state index contributed by atoms with van der Waals surface area (Å²) >= 11 is 0. The fourth-order valence-corrected chi connectivity index (χ4v) is 2.93. The van der Waals surface area contributed by atoms with Crippen molar-refractivity contribution in [2.75, 3.05) is 10.6 Å². The van der Waals surface area contributed by atoms with Crippen LogP contribution in [0.5, 0.6) is 5.75 Å². The number of aldehydes is 1. The maximum absolute atomic E-state index is 13.8. The van der Waals surface area contributed by atoms with Crippen LogP contribution in [0.2, 0.25) is 0 Å². The molecule has 0 radical (unpaired) electrons. The number of benzene rings is 2. The van der Waals surface area contributed by atoms with Crippen molar-refractivity contribution in [3.8, 4) is 16.9 Å². The van der Waals surface area contributed by atoms with Gasteiger partial charge < -0.3 is 15.7 Å². The molecule has 0 unspecified atom stereocenters. The van der Waals surface area contributed by atoms with Crippen molar-refractivity contribution in [2.45, 2.75) is 32.9 Å². The Balaban J connectivity index is 2.79. The number of hydrogen-bond donors (Lipinski definition) is 4. The van der Waals surface area contributed by atoms with Crippen LogP contribution in [0, 0.1) is 5.41 Å². The lowest BCUT2D eigenvalue weighted by Crippen LogP contribution is -2.14. The van der Waals surface area contributed by atoms with Gasteiger partial charge in [-0.2, -0.15) is 13.2 Å². The second-order valence-electron chi connectivity index (χ2n) is 6.68. The molecule has 0 saturated heterocycles. The zero-order valence-corrected chi connectivity index (χ0v) is 16.7. The molecule has 164 valence electrons. The fourth-order valence-electron chi connectivity index (χ4n) is 2.93. The molecule has 0 bridgehead atoms. The summed E-state index contributed by atoms with van der Waals surface area (Å²) in [5, 5.41) is 22.6. The number of carbonyl (C=O) groups excluding carboxylic acids is 3. The Morgan fingerprint density at radius 3 is 2.35 bits per heavy atom. The predicted molar refractivity (Wildman–Crippen MR) is 109 cm³/mol. The number of phenolic OH excluding ortho intramolecular Hbond substituents is 1. The van der Waals surface area contributed by atoms with E-state index in [4.69, 9.17) is 5.41 Å². The monoisotopic (exact) mass is 435 g/mol. The Labute approximate surface area is 175 Å². The van der Waals surface area contributed by atoms with E-state index in [2.05, 4.69) is 10.6 Å². The molecule has 0 aliphatic carbocycles. The third kappa shape index (κ3) is 5.68. The predicted octanol–water partition coefficient (Wildman–Crippen LogP) is 4.34. The van der Waals surface area contributed by atoms with Gasteiger partial charge in [0.2, 0.25) is 11.8 Å². The van der Waals surface area contributed by atoms with E-state index in [0.29, 0.717) is 6.42 Å². The molecule has 0 heterocycles. The zero-order chi connectivity index (χ0) is 23.3. The third-order valence-electron chi connectivity index (χ3n) is 4.23. The quantitative estimate of drug-likeness (QED) is 0.382. The van der Waals surface area contributed by atoms with E-state index in [1.165, 1.54) is 6.07 Å². The lowest BCUT2D eigenvalue weighted by Gasteiger charge is -2.19. The molecule has 2 aromatic rings. The van der Waals surface area contributed by atoms with Crippen LogP contribution in [0.25, 0.3) is 11.1 Å². The van der Waals surface area contributed by atoms with Gasteiger partial charge in [0, 0.05) is 36.2 Å². The van der Waals surface area contributed by atoms with Crippen molar-refractivity contribution >= 4 is 35.2 Å². The number of hydrogen-bond acceptors (Lipinski definition) is 5. The number of phenols is 1. The fraction of sp³-hybridized carbons (Fsp3) is 0.238. The highest BCUT2D eigenvalue weighted by Gasteiger charge is 2.35. The van der Waals surface area contributed by atoms with Gasteiger partial charge in [-0.3, -0.25) is 19.8 Å². The first-order valence-corrected chi connectivity index (χ1v) is 9.18. The molecular formula is C21H20F3N3O4. The summed E-state index contributed by atoms with van der Waals surface area (Å²) in [7, 11) is 0. The molecule has 10 heteroatoms. The Kier molecular flexibility index (Phi) is 7.16. The highest BCUT2D eigenvalue weighted by atomic mass is 19.4. The molecule has 0 saturated carbocycles. The van der Waals surface area contributed by atoms with E-state index in [1.807, 2.05) is 0 Å². The molecular weight excluding hydrogens is 415 g/mol. The molecule has 0 aliphatic rings. The summed E-state index contributed by atoms with van der Waals surface area (Å²) in [6.07, 6.45) is -4.11. The first-order chi connectivity index (χ1) is 14.5. The van der Waals surface area contributed by atoms with Gasteiger partial charge in [0.05, 0.1) is 11.3 Å². The summed E-state index contributed by atoms with van der Waals surface area (Å²) < 4.78 is 41.5. The second-order valence-corrected chi connectivity index (χ2v) is 6.68. The standard InChI is InChI=1S/C21H20F3N3O4/c1-3-4-20(31)27-18-9-19(30)15(17(25)10-28)8-14(18)13-6-5-12(26-11(2)29)7-16(13)21(22,23)24/h5-10,25,30H,3-4H2,1-2H3,(H,26,29)(H,27,31). The maximum atomic E-state index is 13.8. The van der Waals surface area contributed by atoms with Crippen LogP contribution in [-0.2, 0) is 20.6 Å². The van der Waals surface area contributed by atoms with Crippen molar-refractivity contribution in [1.82, 2.24) is 0 Å². The average molecular weight is 435 g/mol. The summed E-state index contributed by atoms with van der Waals surface area (Å²) in [5.41, 5.74) is -2.76. The number of nitrogens with one attached hydrogen (secondary N) is 3. The van der Waals surface area contributed by atoms with Gasteiger partial charge in [0.1, 0.15) is 11.5 Å². The third-order valence-corrected chi connectivity index (χ3v) is 4.23. The SMILES string of the molecule is CCCC(=O)Nc1cc(O)c(C(=N)C=O)cc1-c1ccc(NC(C)=O)cc1C(F)(F)F. The second kappa shape index (κ2) is 9.41. The van der Waals surface area contributed by atoms with Crippen LogP contribution < -0.4 is 10.6 Å². The number of alkyl halides is 3. The number of amides is 2. The van der Waals surface area contributed by atoms with Crippen molar-refractivity contribution in [3.63, 3.8) is 0 Å². The van der Waals surface area contributed by atoms with E-state index in [1.54, 1.807) is 6.92 Å². The number of aromatic hydroxyl groups is 1. The van der Waals surface area contributed by atoms with Gasteiger partial charge in [0.25, 0.3) is 0 Å². The van der Waals surface area contributed by atoms with Crippen LogP contribution in [0.15, 0.2) is 30.3 Å². The largest absolute Gasteiger partial charge is 0.507 e. The van der Waals surface area contributed by atoms with Crippen LogP contribution >= 0.6 is 0 Å². The van der Waals surface area contributed by atoms with Crippen molar-refractivity contribution in [3.05, 3.63) is 41.5 Å². The van der Waals surface area contributed by atoms with E-state index in [-0.39, 0.29) is 40.8 Å². The maximum Gasteiger partial charge on any atom is 0.417 e. The molecule has 0 spiro atoms. The Hall–Kier alpha value is -3.69. The van der Waals surface area contributed by atoms with Gasteiger partial charge in [-0.25, -0.2) is 0 Å². The Morgan fingerprint density at radius 1 is 1.13 bits per heavy atom. The molecule has 0 fully saturated rings. The molecule has 2 aromatic carbocycles. The van der Waals surface area contributed by atoms with Gasteiger partial charge in [-0.1, -0.05) is 13.0 Å². The van der Waals surface area contributed by atoms with Crippen LogP contribution in [0.3, 0.4) is 0 Å². The lowest BCUT2D eigenvalue weighted by atomic mass is 9.93. The minimum Gasteiger partial charge on any atom is -0.507 e. The molecule has 2 rings (SSSR count). The smallest absolute Gasteiger partial charge is 0.417 e. The van der Waals surface area contributed by atoms with Crippen LogP contribution in [0.4, 0.5) is 24.5 Å². The van der Waals surface area contributed by atoms with Crippen LogP contribution in [-0.4, -0.2) is 28.9 Å². The zero-order valence-electron chi connectivity index (χ0n) is 16.7. The van der Waals surface area contributed by atoms with E-state index < -0.39 is 35.0 Å². The molecule has 0 aromatic heterocycles. The lowest BCUT2D eigenvalue weighted by molar-refractivity contribution is -0.137.